The Balaban J connectivity index is 1.42. The molecule has 0 saturated carbocycles. The second-order valence-electron chi connectivity index (χ2n) is 6.82. The van der Waals surface area contributed by atoms with Gasteiger partial charge in [0.2, 0.25) is 0 Å². The van der Waals surface area contributed by atoms with E-state index >= 15 is 0 Å². The van der Waals surface area contributed by atoms with E-state index in [-0.39, 0.29) is 5.91 Å². The van der Waals surface area contributed by atoms with Gasteiger partial charge in [-0.2, -0.15) is 0 Å². The first kappa shape index (κ1) is 16.5. The second-order valence-corrected chi connectivity index (χ2v) is 7.94. The summed E-state index contributed by atoms with van der Waals surface area (Å²) in [4.78, 5) is 29.7. The van der Waals surface area contributed by atoms with Gasteiger partial charge in [0.25, 0.3) is 5.91 Å². The largest absolute Gasteiger partial charge is 0.334 e. The molecule has 1 fully saturated rings. The van der Waals surface area contributed by atoms with Crippen LogP contribution in [0, 0.1) is 0 Å². The van der Waals surface area contributed by atoms with Crippen LogP contribution in [0.25, 0.3) is 10.4 Å². The highest BCUT2D eigenvalue weighted by atomic mass is 32.1. The van der Waals surface area contributed by atoms with Gasteiger partial charge in [0.1, 0.15) is 0 Å². The minimum Gasteiger partial charge on any atom is -0.334 e. The summed E-state index contributed by atoms with van der Waals surface area (Å²) >= 11 is 1.49. The van der Waals surface area contributed by atoms with E-state index in [2.05, 4.69) is 11.0 Å². The van der Waals surface area contributed by atoms with Gasteiger partial charge in [-0.3, -0.25) is 9.59 Å². The summed E-state index contributed by atoms with van der Waals surface area (Å²) in [5, 5.41) is 0. The lowest BCUT2D eigenvalue weighted by Crippen LogP contribution is -2.29. The van der Waals surface area contributed by atoms with Crippen molar-refractivity contribution < 1.29 is 9.59 Å². The third-order valence-corrected chi connectivity index (χ3v) is 6.17. The summed E-state index contributed by atoms with van der Waals surface area (Å²) < 4.78 is 0. The van der Waals surface area contributed by atoms with Crippen molar-refractivity contribution in [3.63, 3.8) is 0 Å². The molecule has 4 rings (SSSR count). The summed E-state index contributed by atoms with van der Waals surface area (Å²) in [5.74, 6) is 0.155. The second kappa shape index (κ2) is 7.10. The van der Waals surface area contributed by atoms with Crippen LogP contribution in [0.5, 0.6) is 0 Å². The highest BCUT2D eigenvalue weighted by Crippen LogP contribution is 2.32. The highest BCUT2D eigenvalue weighted by molar-refractivity contribution is 7.17. The molecule has 0 radical (unpaired) electrons. The smallest absolute Gasteiger partial charge is 0.254 e. The molecule has 1 amide bonds. The maximum Gasteiger partial charge on any atom is 0.254 e. The first-order valence-electron chi connectivity index (χ1n) is 8.94. The van der Waals surface area contributed by atoms with E-state index in [0.717, 1.165) is 52.2 Å². The molecule has 5 heteroatoms. The summed E-state index contributed by atoms with van der Waals surface area (Å²) in [6.07, 6.45) is 4.55. The van der Waals surface area contributed by atoms with Gasteiger partial charge in [-0.1, -0.05) is 6.07 Å². The fraction of sp³-hybridized carbons (Fsp3) is 0.400. The number of thiophene rings is 1. The molecule has 0 N–H and O–H groups in total. The van der Waals surface area contributed by atoms with Crippen molar-refractivity contribution in [2.24, 2.45) is 0 Å². The predicted molar refractivity (Wildman–Crippen MR) is 100 cm³/mol. The van der Waals surface area contributed by atoms with Crippen LogP contribution in [0.2, 0.25) is 0 Å². The van der Waals surface area contributed by atoms with E-state index < -0.39 is 0 Å². The molecule has 0 aliphatic carbocycles. The Bertz CT molecular complexity index is 793. The standard InChI is InChI=1S/C20H22N2O2S/c23-14-17-5-7-19(25-17)15-4-6-18-16(12-15)13-22(20(18)24)11-3-10-21-8-1-2-9-21/h4-7,12,14H,1-3,8-11,13H2. The van der Waals surface area contributed by atoms with Gasteiger partial charge in [0.05, 0.1) is 4.88 Å². The lowest BCUT2D eigenvalue weighted by atomic mass is 10.1. The average Bonchev–Trinajstić information content (AvgIpc) is 3.36. The molecule has 2 aliphatic rings. The van der Waals surface area contributed by atoms with Gasteiger partial charge in [-0.25, -0.2) is 0 Å². The molecule has 0 bridgehead atoms. The Labute approximate surface area is 152 Å². The Kier molecular flexibility index (Phi) is 4.68. The van der Waals surface area contributed by atoms with E-state index in [4.69, 9.17) is 0 Å². The normalized spacial score (nSPS) is 17.3. The number of fused-ring (bicyclic) bond motifs is 1. The molecule has 2 aromatic rings. The van der Waals surface area contributed by atoms with Crippen LogP contribution < -0.4 is 0 Å². The fourth-order valence-corrected chi connectivity index (χ4v) is 4.60. The average molecular weight is 354 g/mol. The number of hydrogen-bond donors (Lipinski definition) is 0. The molecule has 2 aliphatic heterocycles. The van der Waals surface area contributed by atoms with Crippen LogP contribution in [0.3, 0.4) is 0 Å². The third kappa shape index (κ3) is 3.39. The summed E-state index contributed by atoms with van der Waals surface area (Å²) in [6, 6.07) is 9.85. The van der Waals surface area contributed by atoms with Crippen LogP contribution >= 0.6 is 11.3 Å². The van der Waals surface area contributed by atoms with Crippen molar-refractivity contribution in [1.82, 2.24) is 9.80 Å². The Morgan fingerprint density at radius 2 is 1.92 bits per heavy atom. The van der Waals surface area contributed by atoms with E-state index in [1.54, 1.807) is 0 Å². The first-order chi connectivity index (χ1) is 12.2. The molecular weight excluding hydrogens is 332 g/mol. The molecule has 0 spiro atoms. The van der Waals surface area contributed by atoms with E-state index in [9.17, 15) is 9.59 Å². The van der Waals surface area contributed by atoms with Crippen molar-refractivity contribution in [2.75, 3.05) is 26.2 Å². The molecular formula is C20H22N2O2S. The summed E-state index contributed by atoms with van der Waals surface area (Å²) in [5.41, 5.74) is 3.02. The summed E-state index contributed by atoms with van der Waals surface area (Å²) in [6.45, 7) is 5.04. The molecule has 25 heavy (non-hydrogen) atoms. The Hall–Kier alpha value is -1.98. The summed E-state index contributed by atoms with van der Waals surface area (Å²) in [7, 11) is 0. The molecule has 130 valence electrons. The van der Waals surface area contributed by atoms with Crippen LogP contribution in [0.1, 0.15) is 44.9 Å². The van der Waals surface area contributed by atoms with Gasteiger partial charge in [0.15, 0.2) is 6.29 Å². The number of carbonyl (C=O) groups excluding carboxylic acids is 2. The molecule has 4 nitrogen and oxygen atoms in total. The van der Waals surface area contributed by atoms with Crippen molar-refractivity contribution in [2.45, 2.75) is 25.8 Å². The zero-order valence-electron chi connectivity index (χ0n) is 14.2. The van der Waals surface area contributed by atoms with Gasteiger partial charge in [-0.15, -0.1) is 11.3 Å². The molecule has 1 aromatic carbocycles. The van der Waals surface area contributed by atoms with Crippen molar-refractivity contribution in [3.8, 4) is 10.4 Å². The van der Waals surface area contributed by atoms with Crippen molar-refractivity contribution >= 4 is 23.5 Å². The van der Waals surface area contributed by atoms with E-state index in [1.165, 1.54) is 37.3 Å². The third-order valence-electron chi connectivity index (χ3n) is 5.11. The van der Waals surface area contributed by atoms with E-state index in [1.807, 2.05) is 29.2 Å². The Morgan fingerprint density at radius 1 is 1.08 bits per heavy atom. The van der Waals surface area contributed by atoms with Crippen LogP contribution in [0.4, 0.5) is 0 Å². The van der Waals surface area contributed by atoms with Crippen molar-refractivity contribution in [3.05, 3.63) is 46.3 Å². The lowest BCUT2D eigenvalue weighted by molar-refractivity contribution is 0.0772. The van der Waals surface area contributed by atoms with Gasteiger partial charge in [0, 0.05) is 23.5 Å². The van der Waals surface area contributed by atoms with Gasteiger partial charge in [-0.05, 0) is 74.3 Å². The number of nitrogens with zero attached hydrogens (tertiary/aromatic N) is 2. The van der Waals surface area contributed by atoms with Crippen LogP contribution in [-0.4, -0.2) is 48.2 Å². The van der Waals surface area contributed by atoms with Crippen LogP contribution in [0.15, 0.2) is 30.3 Å². The number of rotatable bonds is 6. The lowest BCUT2D eigenvalue weighted by Gasteiger charge is -2.19. The predicted octanol–water partition coefficient (Wildman–Crippen LogP) is 3.67. The molecule has 1 saturated heterocycles. The monoisotopic (exact) mass is 354 g/mol. The minimum atomic E-state index is 0.155. The van der Waals surface area contributed by atoms with Gasteiger partial charge < -0.3 is 9.80 Å². The topological polar surface area (TPSA) is 40.6 Å². The quantitative estimate of drug-likeness (QED) is 0.743. The number of aldehydes is 1. The zero-order valence-corrected chi connectivity index (χ0v) is 15.1. The van der Waals surface area contributed by atoms with Crippen molar-refractivity contribution in [1.29, 1.82) is 0 Å². The molecule has 0 unspecified atom stereocenters. The maximum absolute atomic E-state index is 12.6. The number of benzene rings is 1. The zero-order chi connectivity index (χ0) is 17.2. The number of amides is 1. The van der Waals surface area contributed by atoms with Gasteiger partial charge >= 0.3 is 0 Å². The number of carbonyl (C=O) groups is 2. The number of hydrogen-bond acceptors (Lipinski definition) is 4. The number of likely N-dealkylation sites (tertiary alicyclic amines) is 1. The van der Waals surface area contributed by atoms with E-state index in [0.29, 0.717) is 6.54 Å². The van der Waals surface area contributed by atoms with Crippen LogP contribution in [-0.2, 0) is 6.54 Å². The molecule has 0 atom stereocenters. The maximum atomic E-state index is 12.6. The SMILES string of the molecule is O=Cc1ccc(-c2ccc3c(c2)CN(CCCN2CCCC2)C3=O)s1. The highest BCUT2D eigenvalue weighted by Gasteiger charge is 2.27. The fourth-order valence-electron chi connectivity index (χ4n) is 3.78. The Morgan fingerprint density at radius 3 is 2.68 bits per heavy atom. The molecule has 3 heterocycles. The molecule has 1 aromatic heterocycles. The minimum absolute atomic E-state index is 0.155. The first-order valence-corrected chi connectivity index (χ1v) is 9.76.